The summed E-state index contributed by atoms with van der Waals surface area (Å²) >= 11 is 8.63. The van der Waals surface area contributed by atoms with Crippen molar-refractivity contribution in [3.63, 3.8) is 0 Å². The predicted octanol–water partition coefficient (Wildman–Crippen LogP) is 1.94. The minimum Gasteiger partial charge on any atom is -0.241 e. The summed E-state index contributed by atoms with van der Waals surface area (Å²) in [5, 5.41) is 4.92. The van der Waals surface area contributed by atoms with Crippen LogP contribution in [0.15, 0.2) is 0 Å². The van der Waals surface area contributed by atoms with E-state index >= 15 is 0 Å². The van der Waals surface area contributed by atoms with Gasteiger partial charge in [0.25, 0.3) is 0 Å². The zero-order valence-electron chi connectivity index (χ0n) is 8.86. The second kappa shape index (κ2) is 7.85. The van der Waals surface area contributed by atoms with E-state index < -0.39 is 0 Å². The lowest BCUT2D eigenvalue weighted by Crippen LogP contribution is -2.46. The minimum absolute atomic E-state index is 0.947. The van der Waals surface area contributed by atoms with Crippen LogP contribution in [0.1, 0.15) is 25.7 Å². The van der Waals surface area contributed by atoms with Crippen LogP contribution in [0.4, 0.5) is 0 Å². The highest BCUT2D eigenvalue weighted by atomic mass is 32.1. The molecule has 0 amide bonds. The molecule has 0 aliphatic carbocycles. The summed E-state index contributed by atoms with van der Waals surface area (Å²) in [5.41, 5.74) is 0. The van der Waals surface area contributed by atoms with Gasteiger partial charge in [-0.15, -0.1) is 0 Å². The normalized spacial score (nSPS) is 21.9. The number of hydrogen-bond donors (Lipinski definition) is 2. The first-order valence-electron chi connectivity index (χ1n) is 5.60. The highest BCUT2D eigenvalue weighted by Crippen LogP contribution is 2.11. The standard InChI is InChI=1S/C10H22N2S2/c13-9-7-11-5-3-1-2-4-6-12(11)8-10-14/h13-14H,1-10H2. The molecule has 1 saturated heterocycles. The number of hydrogen-bond acceptors (Lipinski definition) is 4. The number of nitrogens with zero attached hydrogens (tertiary/aromatic N) is 2. The van der Waals surface area contributed by atoms with E-state index in [9.17, 15) is 0 Å². The van der Waals surface area contributed by atoms with Crippen molar-refractivity contribution < 1.29 is 0 Å². The molecule has 14 heavy (non-hydrogen) atoms. The number of thiol groups is 2. The Balaban J connectivity index is 2.42. The molecule has 1 aliphatic heterocycles. The molecule has 1 rings (SSSR count). The SMILES string of the molecule is SCCN1CCCCCCN1CCS. The third kappa shape index (κ3) is 4.43. The maximum absolute atomic E-state index is 4.31. The minimum atomic E-state index is 0.947. The molecule has 1 aliphatic rings. The Bertz CT molecular complexity index is 128. The molecular formula is C10H22N2S2. The highest BCUT2D eigenvalue weighted by molar-refractivity contribution is 7.80. The van der Waals surface area contributed by atoms with E-state index in [0.717, 1.165) is 24.6 Å². The molecular weight excluding hydrogens is 212 g/mol. The van der Waals surface area contributed by atoms with Gasteiger partial charge in [-0.05, 0) is 12.8 Å². The van der Waals surface area contributed by atoms with E-state index in [1.54, 1.807) is 0 Å². The molecule has 4 heteroatoms. The van der Waals surface area contributed by atoms with Crippen molar-refractivity contribution in [2.45, 2.75) is 25.7 Å². The largest absolute Gasteiger partial charge is 0.241 e. The number of hydrazine groups is 1. The quantitative estimate of drug-likeness (QED) is 0.718. The van der Waals surface area contributed by atoms with Crippen LogP contribution in [0, 0.1) is 0 Å². The van der Waals surface area contributed by atoms with Crippen LogP contribution in [-0.4, -0.2) is 47.7 Å². The first kappa shape index (κ1) is 12.7. The van der Waals surface area contributed by atoms with Gasteiger partial charge in [-0.25, -0.2) is 10.0 Å². The average molecular weight is 234 g/mol. The van der Waals surface area contributed by atoms with Gasteiger partial charge in [0.2, 0.25) is 0 Å². The lowest BCUT2D eigenvalue weighted by atomic mass is 10.1. The maximum atomic E-state index is 4.31. The summed E-state index contributed by atoms with van der Waals surface area (Å²) in [4.78, 5) is 0. The summed E-state index contributed by atoms with van der Waals surface area (Å²) in [6, 6.07) is 0. The molecule has 0 atom stereocenters. The van der Waals surface area contributed by atoms with Crippen molar-refractivity contribution in [1.82, 2.24) is 10.0 Å². The van der Waals surface area contributed by atoms with E-state index in [1.807, 2.05) is 0 Å². The first-order valence-corrected chi connectivity index (χ1v) is 6.86. The van der Waals surface area contributed by atoms with Crippen molar-refractivity contribution >= 4 is 25.3 Å². The Labute approximate surface area is 98.8 Å². The summed E-state index contributed by atoms with van der Waals surface area (Å²) in [6.45, 7) is 4.57. The molecule has 0 radical (unpaired) electrons. The second-order valence-electron chi connectivity index (χ2n) is 3.77. The Hall–Kier alpha value is 0.620. The molecule has 0 unspecified atom stereocenters. The van der Waals surface area contributed by atoms with Gasteiger partial charge in [-0.3, -0.25) is 0 Å². The van der Waals surface area contributed by atoms with Crippen LogP contribution in [0.5, 0.6) is 0 Å². The molecule has 2 nitrogen and oxygen atoms in total. The Morgan fingerprint density at radius 3 is 1.50 bits per heavy atom. The van der Waals surface area contributed by atoms with Crippen LogP contribution in [0.25, 0.3) is 0 Å². The molecule has 0 saturated carbocycles. The topological polar surface area (TPSA) is 6.48 Å². The van der Waals surface area contributed by atoms with Crippen molar-refractivity contribution in [2.75, 3.05) is 37.7 Å². The summed E-state index contributed by atoms with van der Waals surface area (Å²) in [7, 11) is 0. The van der Waals surface area contributed by atoms with E-state index in [-0.39, 0.29) is 0 Å². The van der Waals surface area contributed by atoms with Crippen LogP contribution < -0.4 is 0 Å². The lowest BCUT2D eigenvalue weighted by Gasteiger charge is -2.36. The van der Waals surface area contributed by atoms with E-state index in [2.05, 4.69) is 35.3 Å². The average Bonchev–Trinajstić information content (AvgIpc) is 2.16. The van der Waals surface area contributed by atoms with Crippen LogP contribution in [0.3, 0.4) is 0 Å². The molecule has 0 spiro atoms. The van der Waals surface area contributed by atoms with Crippen molar-refractivity contribution in [2.24, 2.45) is 0 Å². The fraction of sp³-hybridized carbons (Fsp3) is 1.00. The molecule has 1 fully saturated rings. The molecule has 0 N–H and O–H groups in total. The summed E-state index contributed by atoms with van der Waals surface area (Å²) in [5.74, 6) is 1.89. The van der Waals surface area contributed by atoms with E-state index in [1.165, 1.54) is 38.8 Å². The van der Waals surface area contributed by atoms with Gasteiger partial charge in [0.15, 0.2) is 0 Å². The van der Waals surface area contributed by atoms with Crippen LogP contribution in [-0.2, 0) is 0 Å². The highest BCUT2D eigenvalue weighted by Gasteiger charge is 2.15. The van der Waals surface area contributed by atoms with Gasteiger partial charge in [-0.2, -0.15) is 25.3 Å². The lowest BCUT2D eigenvalue weighted by molar-refractivity contribution is -0.0226. The van der Waals surface area contributed by atoms with E-state index in [4.69, 9.17) is 0 Å². The molecule has 1 heterocycles. The van der Waals surface area contributed by atoms with Gasteiger partial charge in [-0.1, -0.05) is 12.8 Å². The Morgan fingerprint density at radius 1 is 0.714 bits per heavy atom. The van der Waals surface area contributed by atoms with Gasteiger partial charge in [0.05, 0.1) is 0 Å². The summed E-state index contributed by atoms with van der Waals surface area (Å²) < 4.78 is 0. The Kier molecular flexibility index (Phi) is 7.12. The number of rotatable bonds is 4. The van der Waals surface area contributed by atoms with Gasteiger partial charge < -0.3 is 0 Å². The molecule has 0 aromatic carbocycles. The third-order valence-corrected chi connectivity index (χ3v) is 3.10. The van der Waals surface area contributed by atoms with E-state index in [0.29, 0.717) is 0 Å². The van der Waals surface area contributed by atoms with Crippen LogP contribution >= 0.6 is 25.3 Å². The van der Waals surface area contributed by atoms with Gasteiger partial charge in [0.1, 0.15) is 0 Å². The van der Waals surface area contributed by atoms with Crippen molar-refractivity contribution in [3.05, 3.63) is 0 Å². The van der Waals surface area contributed by atoms with Crippen molar-refractivity contribution in [1.29, 1.82) is 0 Å². The first-order chi connectivity index (χ1) is 6.88. The second-order valence-corrected chi connectivity index (χ2v) is 4.66. The Morgan fingerprint density at radius 2 is 1.14 bits per heavy atom. The fourth-order valence-corrected chi connectivity index (χ4v) is 2.42. The van der Waals surface area contributed by atoms with Gasteiger partial charge >= 0.3 is 0 Å². The van der Waals surface area contributed by atoms with Crippen molar-refractivity contribution in [3.8, 4) is 0 Å². The third-order valence-electron chi connectivity index (χ3n) is 2.70. The zero-order chi connectivity index (χ0) is 10.2. The molecule has 0 bridgehead atoms. The fourth-order valence-electron chi connectivity index (χ4n) is 1.96. The maximum Gasteiger partial charge on any atom is 0.0221 e. The zero-order valence-corrected chi connectivity index (χ0v) is 10.6. The summed E-state index contributed by atoms with van der Waals surface area (Å²) in [6.07, 6.45) is 5.43. The molecule has 84 valence electrons. The smallest absolute Gasteiger partial charge is 0.0221 e. The molecule has 0 aromatic rings. The predicted molar refractivity (Wildman–Crippen MR) is 69.3 cm³/mol. The van der Waals surface area contributed by atoms with Gasteiger partial charge in [0, 0.05) is 37.7 Å². The molecule has 0 aromatic heterocycles. The monoisotopic (exact) mass is 234 g/mol. The van der Waals surface area contributed by atoms with Crippen LogP contribution in [0.2, 0.25) is 0 Å².